The minimum absolute atomic E-state index is 0.540. The molecule has 0 bridgehead atoms. The van der Waals surface area contributed by atoms with Crippen LogP contribution in [0.2, 0.25) is 0 Å². The average Bonchev–Trinajstić information content (AvgIpc) is 2.43. The SMILES string of the molecule is C=CC(O)N1CCCN(C(O)C=C)N1C(O)C=C. The van der Waals surface area contributed by atoms with E-state index in [2.05, 4.69) is 19.7 Å². The summed E-state index contributed by atoms with van der Waals surface area (Å²) in [7, 11) is 0. The molecular formula is C12H21N3O3. The molecule has 0 spiro atoms. The van der Waals surface area contributed by atoms with E-state index in [0.717, 1.165) is 6.42 Å². The number of rotatable bonds is 6. The largest absolute Gasteiger partial charge is 0.373 e. The first-order valence-electron chi connectivity index (χ1n) is 5.81. The molecule has 6 heteroatoms. The summed E-state index contributed by atoms with van der Waals surface area (Å²) in [6.45, 7) is 11.6. The Morgan fingerprint density at radius 3 is 1.50 bits per heavy atom. The van der Waals surface area contributed by atoms with Crippen molar-refractivity contribution < 1.29 is 15.3 Å². The van der Waals surface area contributed by atoms with Crippen molar-refractivity contribution >= 4 is 0 Å². The van der Waals surface area contributed by atoms with Crippen molar-refractivity contribution in [1.29, 1.82) is 0 Å². The lowest BCUT2D eigenvalue weighted by atomic mass is 10.3. The summed E-state index contributed by atoms with van der Waals surface area (Å²) >= 11 is 0. The van der Waals surface area contributed by atoms with E-state index in [1.54, 1.807) is 0 Å². The molecule has 0 amide bonds. The number of hydrazine groups is 2. The van der Waals surface area contributed by atoms with Crippen LogP contribution in [0.1, 0.15) is 6.42 Å². The van der Waals surface area contributed by atoms with Crippen molar-refractivity contribution in [2.24, 2.45) is 0 Å². The van der Waals surface area contributed by atoms with Crippen molar-refractivity contribution in [3.63, 3.8) is 0 Å². The van der Waals surface area contributed by atoms with Crippen molar-refractivity contribution in [2.75, 3.05) is 13.1 Å². The standard InChI is InChI=1S/C12H21N3O3/c1-4-10(16)13-8-7-9-14(11(17)5-2)15(13)12(18)6-3/h4-6,10-12,16-18H,1-3,7-9H2. The van der Waals surface area contributed by atoms with Crippen molar-refractivity contribution in [3.8, 4) is 0 Å². The van der Waals surface area contributed by atoms with Gasteiger partial charge in [-0.15, -0.1) is 5.12 Å². The molecular weight excluding hydrogens is 234 g/mol. The maximum absolute atomic E-state index is 9.95. The molecule has 1 heterocycles. The Morgan fingerprint density at radius 1 is 0.778 bits per heavy atom. The quantitative estimate of drug-likeness (QED) is 0.563. The van der Waals surface area contributed by atoms with Gasteiger partial charge in [-0.2, -0.15) is 10.0 Å². The molecule has 1 rings (SSSR count). The Balaban J connectivity index is 2.99. The monoisotopic (exact) mass is 255 g/mol. The van der Waals surface area contributed by atoms with Crippen LogP contribution >= 0.6 is 0 Å². The minimum Gasteiger partial charge on any atom is -0.373 e. The Hall–Kier alpha value is -1.02. The predicted molar refractivity (Wildman–Crippen MR) is 68.5 cm³/mol. The van der Waals surface area contributed by atoms with Crippen LogP contribution < -0.4 is 0 Å². The van der Waals surface area contributed by atoms with Gasteiger partial charge in [-0.1, -0.05) is 19.7 Å². The first-order chi connectivity index (χ1) is 8.56. The molecule has 1 fully saturated rings. The normalized spacial score (nSPS) is 24.2. The van der Waals surface area contributed by atoms with Crippen LogP contribution in [0.3, 0.4) is 0 Å². The van der Waals surface area contributed by atoms with Gasteiger partial charge in [0.05, 0.1) is 0 Å². The highest BCUT2D eigenvalue weighted by Gasteiger charge is 2.36. The van der Waals surface area contributed by atoms with Gasteiger partial charge in [0.25, 0.3) is 0 Å². The lowest BCUT2D eigenvalue weighted by Crippen LogP contribution is -2.65. The molecule has 0 aromatic heterocycles. The van der Waals surface area contributed by atoms with Crippen molar-refractivity contribution in [3.05, 3.63) is 38.0 Å². The second kappa shape index (κ2) is 6.79. The number of aliphatic hydroxyl groups excluding tert-OH is 3. The molecule has 0 radical (unpaired) electrons. The van der Waals surface area contributed by atoms with Crippen LogP contribution in [0.15, 0.2) is 38.0 Å². The van der Waals surface area contributed by atoms with E-state index in [0.29, 0.717) is 13.1 Å². The van der Waals surface area contributed by atoms with Crippen LogP contribution in [0.25, 0.3) is 0 Å². The molecule has 3 atom stereocenters. The zero-order valence-electron chi connectivity index (χ0n) is 10.4. The van der Waals surface area contributed by atoms with E-state index in [4.69, 9.17) is 0 Å². The zero-order chi connectivity index (χ0) is 13.7. The highest BCUT2D eigenvalue weighted by Crippen LogP contribution is 2.20. The third-order valence-corrected chi connectivity index (χ3v) is 2.78. The van der Waals surface area contributed by atoms with Crippen molar-refractivity contribution in [1.82, 2.24) is 15.1 Å². The fourth-order valence-electron chi connectivity index (χ4n) is 1.90. The van der Waals surface area contributed by atoms with Gasteiger partial charge in [-0.05, 0) is 24.6 Å². The van der Waals surface area contributed by atoms with Gasteiger partial charge in [0.1, 0.15) is 12.5 Å². The number of nitrogens with zero attached hydrogens (tertiary/aromatic N) is 3. The zero-order valence-corrected chi connectivity index (χ0v) is 10.4. The average molecular weight is 255 g/mol. The molecule has 1 aliphatic heterocycles. The van der Waals surface area contributed by atoms with Gasteiger partial charge in [0.2, 0.25) is 0 Å². The van der Waals surface area contributed by atoms with E-state index < -0.39 is 18.7 Å². The summed E-state index contributed by atoms with van der Waals surface area (Å²) in [5, 5.41) is 34.0. The number of hydrogen-bond acceptors (Lipinski definition) is 6. The van der Waals surface area contributed by atoms with E-state index >= 15 is 0 Å². The second-order valence-corrected chi connectivity index (χ2v) is 3.95. The van der Waals surface area contributed by atoms with Crippen molar-refractivity contribution in [2.45, 2.75) is 25.1 Å². The molecule has 1 aliphatic rings. The van der Waals surface area contributed by atoms with E-state index in [1.165, 1.54) is 33.4 Å². The molecule has 0 aromatic rings. The Kier molecular flexibility index (Phi) is 5.67. The van der Waals surface area contributed by atoms with E-state index in [-0.39, 0.29) is 0 Å². The van der Waals surface area contributed by atoms with Crippen LogP contribution in [-0.4, -0.2) is 62.2 Å². The predicted octanol–water partition coefficient (Wildman–Crippen LogP) is -0.361. The lowest BCUT2D eigenvalue weighted by Gasteiger charge is -2.49. The smallest absolute Gasteiger partial charge is 0.153 e. The molecule has 18 heavy (non-hydrogen) atoms. The van der Waals surface area contributed by atoms with Gasteiger partial charge in [0, 0.05) is 13.1 Å². The maximum Gasteiger partial charge on any atom is 0.153 e. The number of hydrogen-bond donors (Lipinski definition) is 3. The van der Waals surface area contributed by atoms with Gasteiger partial charge < -0.3 is 15.3 Å². The summed E-state index contributed by atoms with van der Waals surface area (Å²) in [5.41, 5.74) is 0. The summed E-state index contributed by atoms with van der Waals surface area (Å²) in [6, 6.07) is 0. The first kappa shape index (κ1) is 15.0. The maximum atomic E-state index is 9.95. The highest BCUT2D eigenvalue weighted by atomic mass is 16.4. The summed E-state index contributed by atoms with van der Waals surface area (Å²) < 4.78 is 0. The van der Waals surface area contributed by atoms with Crippen LogP contribution in [0.4, 0.5) is 0 Å². The third-order valence-electron chi connectivity index (χ3n) is 2.78. The minimum atomic E-state index is -1.05. The first-order valence-corrected chi connectivity index (χ1v) is 5.81. The van der Waals surface area contributed by atoms with Gasteiger partial charge >= 0.3 is 0 Å². The topological polar surface area (TPSA) is 70.4 Å². The Bertz CT molecular complexity index is 289. The van der Waals surface area contributed by atoms with Gasteiger partial charge in [-0.25, -0.2) is 0 Å². The lowest BCUT2D eigenvalue weighted by molar-refractivity contribution is -0.323. The highest BCUT2D eigenvalue weighted by molar-refractivity contribution is 4.88. The van der Waals surface area contributed by atoms with Gasteiger partial charge in [-0.3, -0.25) is 0 Å². The Morgan fingerprint density at radius 2 is 1.17 bits per heavy atom. The molecule has 6 nitrogen and oxygen atoms in total. The van der Waals surface area contributed by atoms with E-state index in [9.17, 15) is 15.3 Å². The molecule has 3 N–H and O–H groups in total. The molecule has 3 unspecified atom stereocenters. The third kappa shape index (κ3) is 3.05. The molecule has 0 aliphatic carbocycles. The number of aliphatic hydroxyl groups is 3. The van der Waals surface area contributed by atoms with Crippen LogP contribution in [0.5, 0.6) is 0 Å². The van der Waals surface area contributed by atoms with Crippen LogP contribution in [-0.2, 0) is 0 Å². The molecule has 1 saturated heterocycles. The molecule has 0 aromatic carbocycles. The fraction of sp³-hybridized carbons (Fsp3) is 0.500. The second-order valence-electron chi connectivity index (χ2n) is 3.95. The van der Waals surface area contributed by atoms with Gasteiger partial charge in [0.15, 0.2) is 6.23 Å². The Labute approximate surface area is 107 Å². The van der Waals surface area contributed by atoms with E-state index in [1.807, 2.05) is 0 Å². The summed E-state index contributed by atoms with van der Waals surface area (Å²) in [5.74, 6) is 0. The summed E-state index contributed by atoms with van der Waals surface area (Å²) in [4.78, 5) is 0. The van der Waals surface area contributed by atoms with Crippen LogP contribution in [0, 0.1) is 0 Å². The summed E-state index contributed by atoms with van der Waals surface area (Å²) in [6.07, 6.45) is 1.82. The molecule has 102 valence electrons. The molecule has 0 saturated carbocycles. The fourth-order valence-corrected chi connectivity index (χ4v) is 1.90.